The maximum Gasteiger partial charge on any atom is 0.277 e. The summed E-state index contributed by atoms with van der Waals surface area (Å²) in [5.41, 5.74) is 2.24. The lowest BCUT2D eigenvalue weighted by Crippen LogP contribution is -2.14. The zero-order chi connectivity index (χ0) is 14.7. The molecule has 1 saturated carbocycles. The third-order valence-corrected chi connectivity index (χ3v) is 3.50. The third-order valence-electron chi connectivity index (χ3n) is 3.50. The van der Waals surface area contributed by atoms with Crippen LogP contribution in [0.4, 0.5) is 5.69 Å². The van der Waals surface area contributed by atoms with Gasteiger partial charge < -0.3 is 15.2 Å². The van der Waals surface area contributed by atoms with Crippen LogP contribution in [0.5, 0.6) is 0 Å². The van der Waals surface area contributed by atoms with Crippen LogP contribution in [0.1, 0.15) is 47.5 Å². The van der Waals surface area contributed by atoms with Crippen LogP contribution in [0, 0.1) is 0 Å². The minimum atomic E-state index is -0.230. The van der Waals surface area contributed by atoms with Gasteiger partial charge in [-0.15, -0.1) is 0 Å². The number of carbonyl (C=O) groups is 1. The fraction of sp³-hybridized carbons (Fsp3) is 0.375. The van der Waals surface area contributed by atoms with E-state index in [1.807, 2.05) is 24.3 Å². The molecule has 0 spiro atoms. The van der Waals surface area contributed by atoms with Crippen molar-refractivity contribution < 1.29 is 9.32 Å². The van der Waals surface area contributed by atoms with Gasteiger partial charge in [-0.25, -0.2) is 0 Å². The summed E-state index contributed by atoms with van der Waals surface area (Å²) in [5.74, 6) is 1.05. The molecular formula is C16H19N3O2. The Morgan fingerprint density at radius 3 is 3.00 bits per heavy atom. The first kappa shape index (κ1) is 13.8. The highest BCUT2D eigenvalue weighted by Gasteiger charge is 2.28. The number of aromatic nitrogens is 1. The smallest absolute Gasteiger partial charge is 0.277 e. The van der Waals surface area contributed by atoms with Gasteiger partial charge in [-0.05, 0) is 37.1 Å². The molecule has 110 valence electrons. The number of nitrogens with zero attached hydrogens (tertiary/aromatic N) is 1. The van der Waals surface area contributed by atoms with E-state index < -0.39 is 0 Å². The van der Waals surface area contributed by atoms with E-state index in [2.05, 4.69) is 22.7 Å². The molecule has 0 radical (unpaired) electrons. The first-order valence-corrected chi connectivity index (χ1v) is 7.34. The lowest BCUT2D eigenvalue weighted by atomic mass is 10.2. The van der Waals surface area contributed by atoms with Crippen LogP contribution in [0.15, 0.2) is 34.9 Å². The summed E-state index contributed by atoms with van der Waals surface area (Å²) in [5, 5.41) is 9.96. The van der Waals surface area contributed by atoms with Crippen LogP contribution in [0.2, 0.25) is 0 Å². The van der Waals surface area contributed by atoms with E-state index in [-0.39, 0.29) is 5.91 Å². The van der Waals surface area contributed by atoms with Crippen molar-refractivity contribution in [3.05, 3.63) is 47.3 Å². The van der Waals surface area contributed by atoms with Gasteiger partial charge >= 0.3 is 0 Å². The molecule has 1 fully saturated rings. The second-order valence-electron chi connectivity index (χ2n) is 5.32. The summed E-state index contributed by atoms with van der Waals surface area (Å²) in [7, 11) is 0. The van der Waals surface area contributed by atoms with Crippen molar-refractivity contribution >= 4 is 11.6 Å². The average molecular weight is 285 g/mol. The fourth-order valence-corrected chi connectivity index (χ4v) is 2.18. The number of benzene rings is 1. The molecule has 1 aromatic heterocycles. The number of hydrogen-bond donors (Lipinski definition) is 2. The van der Waals surface area contributed by atoms with Gasteiger partial charge in [0.05, 0.1) is 0 Å². The Morgan fingerprint density at radius 1 is 1.38 bits per heavy atom. The van der Waals surface area contributed by atoms with E-state index in [1.165, 1.54) is 0 Å². The largest absolute Gasteiger partial charge is 0.360 e. The van der Waals surface area contributed by atoms with Crippen LogP contribution in [-0.4, -0.2) is 17.6 Å². The van der Waals surface area contributed by atoms with Crippen molar-refractivity contribution in [1.82, 2.24) is 10.5 Å². The van der Waals surface area contributed by atoms with Gasteiger partial charge in [0.15, 0.2) is 5.69 Å². The molecule has 2 N–H and O–H groups in total. The van der Waals surface area contributed by atoms with Crippen LogP contribution in [0.25, 0.3) is 0 Å². The van der Waals surface area contributed by atoms with Crippen molar-refractivity contribution in [3.63, 3.8) is 0 Å². The summed E-state index contributed by atoms with van der Waals surface area (Å²) in [4.78, 5) is 12.1. The predicted molar refractivity (Wildman–Crippen MR) is 80.3 cm³/mol. The van der Waals surface area contributed by atoms with Gasteiger partial charge in [-0.2, -0.15) is 0 Å². The molecule has 21 heavy (non-hydrogen) atoms. The third kappa shape index (κ3) is 3.49. The molecular weight excluding hydrogens is 266 g/mol. The molecule has 5 heteroatoms. The quantitative estimate of drug-likeness (QED) is 0.856. The Balaban J connectivity index is 1.65. The molecule has 3 rings (SSSR count). The number of hydrogen-bond acceptors (Lipinski definition) is 4. The maximum absolute atomic E-state index is 12.1. The molecule has 0 aliphatic heterocycles. The SMILES string of the molecule is CCNCc1cccc(NC(=O)c2cc(C3CC3)on2)c1. The van der Waals surface area contributed by atoms with E-state index in [0.717, 1.165) is 42.9 Å². The van der Waals surface area contributed by atoms with Crippen molar-refractivity contribution in [3.8, 4) is 0 Å². The fourth-order valence-electron chi connectivity index (χ4n) is 2.18. The summed E-state index contributed by atoms with van der Waals surface area (Å²) >= 11 is 0. The number of rotatable bonds is 6. The van der Waals surface area contributed by atoms with Gasteiger partial charge in [-0.1, -0.05) is 24.2 Å². The van der Waals surface area contributed by atoms with Gasteiger partial charge in [0.25, 0.3) is 5.91 Å². The molecule has 0 unspecified atom stereocenters. The molecule has 0 atom stereocenters. The van der Waals surface area contributed by atoms with E-state index >= 15 is 0 Å². The van der Waals surface area contributed by atoms with Crippen molar-refractivity contribution in [1.29, 1.82) is 0 Å². The Morgan fingerprint density at radius 2 is 2.24 bits per heavy atom. The summed E-state index contributed by atoms with van der Waals surface area (Å²) in [6.07, 6.45) is 2.26. The van der Waals surface area contributed by atoms with Gasteiger partial charge in [0, 0.05) is 24.2 Å². The molecule has 2 aromatic rings. The van der Waals surface area contributed by atoms with E-state index in [0.29, 0.717) is 11.6 Å². The number of amides is 1. The average Bonchev–Trinajstić information content (AvgIpc) is 3.22. The Hall–Kier alpha value is -2.14. The van der Waals surface area contributed by atoms with E-state index in [4.69, 9.17) is 4.52 Å². The Labute approximate surface area is 123 Å². The molecule has 1 aliphatic rings. The Kier molecular flexibility index (Phi) is 4.01. The standard InChI is InChI=1S/C16H19N3O2/c1-2-17-10-11-4-3-5-13(8-11)18-16(20)14-9-15(21-19-14)12-6-7-12/h3-5,8-9,12,17H,2,6-7,10H2,1H3,(H,18,20). The van der Waals surface area contributed by atoms with Gasteiger partial charge in [0.2, 0.25) is 0 Å². The molecule has 0 bridgehead atoms. The zero-order valence-electron chi connectivity index (χ0n) is 12.1. The lowest BCUT2D eigenvalue weighted by Gasteiger charge is -2.06. The number of nitrogens with one attached hydrogen (secondary N) is 2. The molecule has 1 amide bonds. The summed E-state index contributed by atoms with van der Waals surface area (Å²) in [6.45, 7) is 3.77. The van der Waals surface area contributed by atoms with Crippen molar-refractivity contribution in [2.24, 2.45) is 0 Å². The van der Waals surface area contributed by atoms with Crippen LogP contribution < -0.4 is 10.6 Å². The maximum atomic E-state index is 12.1. The number of carbonyl (C=O) groups excluding carboxylic acids is 1. The van der Waals surface area contributed by atoms with Crippen LogP contribution >= 0.6 is 0 Å². The second-order valence-corrected chi connectivity index (χ2v) is 5.32. The summed E-state index contributed by atoms with van der Waals surface area (Å²) < 4.78 is 5.20. The first-order valence-electron chi connectivity index (χ1n) is 7.34. The van der Waals surface area contributed by atoms with Gasteiger partial charge in [-0.3, -0.25) is 4.79 Å². The number of anilines is 1. The highest BCUT2D eigenvalue weighted by molar-refractivity contribution is 6.02. The van der Waals surface area contributed by atoms with Crippen LogP contribution in [0.3, 0.4) is 0 Å². The minimum absolute atomic E-state index is 0.230. The molecule has 1 aliphatic carbocycles. The zero-order valence-corrected chi connectivity index (χ0v) is 12.1. The molecule has 1 aromatic carbocycles. The second kappa shape index (κ2) is 6.10. The molecule has 0 saturated heterocycles. The normalized spacial score (nSPS) is 14.1. The predicted octanol–water partition coefficient (Wildman–Crippen LogP) is 2.91. The van der Waals surface area contributed by atoms with Gasteiger partial charge in [0.1, 0.15) is 5.76 Å². The summed E-state index contributed by atoms with van der Waals surface area (Å²) in [6, 6.07) is 9.54. The highest BCUT2D eigenvalue weighted by atomic mass is 16.5. The van der Waals surface area contributed by atoms with Crippen molar-refractivity contribution in [2.45, 2.75) is 32.2 Å². The lowest BCUT2D eigenvalue weighted by molar-refractivity contribution is 0.101. The monoisotopic (exact) mass is 285 g/mol. The highest BCUT2D eigenvalue weighted by Crippen LogP contribution is 2.40. The van der Waals surface area contributed by atoms with Crippen LogP contribution in [-0.2, 0) is 6.54 Å². The molecule has 5 nitrogen and oxygen atoms in total. The van der Waals surface area contributed by atoms with Crippen molar-refractivity contribution in [2.75, 3.05) is 11.9 Å². The topological polar surface area (TPSA) is 67.2 Å². The first-order chi connectivity index (χ1) is 10.3. The van der Waals surface area contributed by atoms with E-state index in [9.17, 15) is 4.79 Å². The molecule has 1 heterocycles. The minimum Gasteiger partial charge on any atom is -0.360 e. The van der Waals surface area contributed by atoms with E-state index in [1.54, 1.807) is 6.07 Å². The Bertz CT molecular complexity index is 632.